The molecule has 1 amide bonds. The minimum atomic E-state index is -3.10. The zero-order chi connectivity index (χ0) is 16.9. The molecular weight excluding hydrogens is 325 g/mol. The number of pyridine rings is 1. The third kappa shape index (κ3) is 2.63. The molecule has 0 unspecified atom stereocenters. The van der Waals surface area contributed by atoms with Crippen LogP contribution in [-0.2, 0) is 0 Å². The minimum Gasteiger partial charge on any atom is -0.337 e. The number of likely N-dealkylation sites (tertiary alicyclic amines) is 1. The molecule has 6 nitrogen and oxygen atoms in total. The maximum absolute atomic E-state index is 13.9. The lowest BCUT2D eigenvalue weighted by Gasteiger charge is -2.21. The first-order valence-electron chi connectivity index (χ1n) is 7.56. The van der Waals surface area contributed by atoms with E-state index in [1.807, 2.05) is 0 Å². The van der Waals surface area contributed by atoms with Gasteiger partial charge in [0.1, 0.15) is 6.04 Å². The van der Waals surface area contributed by atoms with Gasteiger partial charge in [0.15, 0.2) is 11.6 Å². The van der Waals surface area contributed by atoms with E-state index in [0.717, 1.165) is 30.0 Å². The SMILES string of the molecule is O=C(c1ccncc1F)N1CC(F)(F)C[C@H]1c1nc(C2CC2)no1. The second-order valence-corrected chi connectivity index (χ2v) is 6.13. The lowest BCUT2D eigenvalue weighted by molar-refractivity contribution is 0.0116. The third-order valence-electron chi connectivity index (χ3n) is 4.22. The summed E-state index contributed by atoms with van der Waals surface area (Å²) in [6, 6.07) is 0.0920. The van der Waals surface area contributed by atoms with E-state index in [1.165, 1.54) is 6.20 Å². The molecule has 2 fully saturated rings. The normalized spacial score (nSPS) is 22.8. The van der Waals surface area contributed by atoms with Gasteiger partial charge in [-0.1, -0.05) is 5.16 Å². The van der Waals surface area contributed by atoms with Crippen LogP contribution in [-0.4, -0.2) is 38.4 Å². The monoisotopic (exact) mass is 338 g/mol. The Morgan fingerprint density at radius 1 is 1.38 bits per heavy atom. The van der Waals surface area contributed by atoms with Crippen LogP contribution in [0, 0.1) is 5.82 Å². The Morgan fingerprint density at radius 2 is 2.17 bits per heavy atom. The Morgan fingerprint density at radius 3 is 2.88 bits per heavy atom. The van der Waals surface area contributed by atoms with Crippen molar-refractivity contribution < 1.29 is 22.5 Å². The molecule has 2 aliphatic rings. The maximum atomic E-state index is 13.9. The summed E-state index contributed by atoms with van der Waals surface area (Å²) in [6.45, 7) is -0.820. The van der Waals surface area contributed by atoms with Gasteiger partial charge < -0.3 is 9.42 Å². The topological polar surface area (TPSA) is 72.1 Å². The van der Waals surface area contributed by atoms with Crippen molar-refractivity contribution in [2.75, 3.05) is 6.54 Å². The number of halogens is 3. The summed E-state index contributed by atoms with van der Waals surface area (Å²) >= 11 is 0. The molecule has 0 aromatic carbocycles. The van der Waals surface area contributed by atoms with Crippen molar-refractivity contribution in [3.63, 3.8) is 0 Å². The number of nitrogens with zero attached hydrogens (tertiary/aromatic N) is 4. The summed E-state index contributed by atoms with van der Waals surface area (Å²) in [7, 11) is 0. The van der Waals surface area contributed by atoms with Crippen LogP contribution in [0.5, 0.6) is 0 Å². The van der Waals surface area contributed by atoms with Crippen LogP contribution in [0.15, 0.2) is 23.0 Å². The van der Waals surface area contributed by atoms with Crippen molar-refractivity contribution in [2.45, 2.75) is 37.1 Å². The fourth-order valence-corrected chi connectivity index (χ4v) is 2.84. The molecule has 0 radical (unpaired) electrons. The van der Waals surface area contributed by atoms with Crippen molar-refractivity contribution in [3.8, 4) is 0 Å². The predicted octanol–water partition coefficient (Wildman–Crippen LogP) is 2.70. The first-order valence-corrected chi connectivity index (χ1v) is 7.56. The lowest BCUT2D eigenvalue weighted by Crippen LogP contribution is -2.33. The first kappa shape index (κ1) is 15.1. The van der Waals surface area contributed by atoms with Crippen LogP contribution in [0.1, 0.15) is 53.3 Å². The van der Waals surface area contributed by atoms with Crippen LogP contribution in [0.25, 0.3) is 0 Å². The zero-order valence-corrected chi connectivity index (χ0v) is 12.5. The molecule has 1 aliphatic heterocycles. The highest BCUT2D eigenvalue weighted by Gasteiger charge is 2.50. The predicted molar refractivity (Wildman–Crippen MR) is 73.8 cm³/mol. The molecule has 1 atom stereocenters. The van der Waals surface area contributed by atoms with Crippen molar-refractivity contribution in [3.05, 3.63) is 41.6 Å². The number of hydrogen-bond acceptors (Lipinski definition) is 5. The number of amides is 1. The van der Waals surface area contributed by atoms with Crippen LogP contribution >= 0.6 is 0 Å². The van der Waals surface area contributed by atoms with Gasteiger partial charge in [0.05, 0.1) is 18.3 Å². The van der Waals surface area contributed by atoms with Gasteiger partial charge in [0, 0.05) is 18.5 Å². The molecule has 1 saturated carbocycles. The third-order valence-corrected chi connectivity index (χ3v) is 4.22. The van der Waals surface area contributed by atoms with Gasteiger partial charge in [-0.25, -0.2) is 13.2 Å². The molecule has 0 spiro atoms. The van der Waals surface area contributed by atoms with Gasteiger partial charge in [0.25, 0.3) is 11.8 Å². The molecule has 126 valence electrons. The highest BCUT2D eigenvalue weighted by molar-refractivity contribution is 5.94. The second kappa shape index (κ2) is 5.29. The highest BCUT2D eigenvalue weighted by Crippen LogP contribution is 2.43. The standard InChI is InChI=1S/C15H13F3N4O2/c16-10-6-19-4-3-9(10)14(23)22-7-15(17,18)5-11(22)13-20-12(21-24-13)8-1-2-8/h3-4,6,8,11H,1-2,5,7H2/t11-/m0/s1. The van der Waals surface area contributed by atoms with Crippen molar-refractivity contribution in [1.82, 2.24) is 20.0 Å². The Balaban J connectivity index is 1.66. The molecule has 1 saturated heterocycles. The van der Waals surface area contributed by atoms with Gasteiger partial charge in [-0.05, 0) is 18.9 Å². The summed E-state index contributed by atoms with van der Waals surface area (Å²) in [4.78, 5) is 21.1. The number of hydrogen-bond donors (Lipinski definition) is 0. The van der Waals surface area contributed by atoms with E-state index < -0.39 is 36.7 Å². The quantitative estimate of drug-likeness (QED) is 0.860. The first-order chi connectivity index (χ1) is 11.4. The number of aromatic nitrogens is 3. The van der Waals surface area contributed by atoms with Gasteiger partial charge in [-0.2, -0.15) is 4.98 Å². The largest absolute Gasteiger partial charge is 0.337 e. The van der Waals surface area contributed by atoms with Gasteiger partial charge >= 0.3 is 0 Å². The molecule has 0 bridgehead atoms. The highest BCUT2D eigenvalue weighted by atomic mass is 19.3. The molecule has 2 aromatic rings. The van der Waals surface area contributed by atoms with Crippen LogP contribution in [0.3, 0.4) is 0 Å². The zero-order valence-electron chi connectivity index (χ0n) is 12.5. The molecule has 4 rings (SSSR count). The van der Waals surface area contributed by atoms with Gasteiger partial charge in [0.2, 0.25) is 5.89 Å². The molecule has 3 heterocycles. The van der Waals surface area contributed by atoms with Gasteiger partial charge in [-0.15, -0.1) is 0 Å². The average Bonchev–Trinajstić information content (AvgIpc) is 3.18. The average molecular weight is 338 g/mol. The van der Waals surface area contributed by atoms with Crippen LogP contribution in [0.4, 0.5) is 13.2 Å². The van der Waals surface area contributed by atoms with Crippen molar-refractivity contribution >= 4 is 5.91 Å². The van der Waals surface area contributed by atoms with E-state index in [2.05, 4.69) is 15.1 Å². The molecule has 0 N–H and O–H groups in total. The Kier molecular flexibility index (Phi) is 3.33. The summed E-state index contributed by atoms with van der Waals surface area (Å²) in [5.74, 6) is -4.16. The molecule has 24 heavy (non-hydrogen) atoms. The summed E-state index contributed by atoms with van der Waals surface area (Å²) in [5, 5.41) is 3.80. The van der Waals surface area contributed by atoms with Crippen LogP contribution < -0.4 is 0 Å². The number of alkyl halides is 2. The number of carbonyl (C=O) groups is 1. The Hall–Kier alpha value is -2.45. The smallest absolute Gasteiger partial charge is 0.267 e. The van der Waals surface area contributed by atoms with Crippen molar-refractivity contribution in [1.29, 1.82) is 0 Å². The van der Waals surface area contributed by atoms with Crippen molar-refractivity contribution in [2.24, 2.45) is 0 Å². The van der Waals surface area contributed by atoms with Crippen LogP contribution in [0.2, 0.25) is 0 Å². The van der Waals surface area contributed by atoms with E-state index in [1.54, 1.807) is 0 Å². The number of carbonyl (C=O) groups excluding carboxylic acids is 1. The van der Waals surface area contributed by atoms with E-state index in [4.69, 9.17) is 4.52 Å². The van der Waals surface area contributed by atoms with E-state index in [-0.39, 0.29) is 17.4 Å². The van der Waals surface area contributed by atoms with E-state index in [9.17, 15) is 18.0 Å². The molecule has 9 heteroatoms. The van der Waals surface area contributed by atoms with E-state index >= 15 is 0 Å². The Labute approximate surface area is 134 Å². The maximum Gasteiger partial charge on any atom is 0.267 e. The summed E-state index contributed by atoms with van der Waals surface area (Å²) in [6.07, 6.45) is 3.35. The molecule has 1 aliphatic carbocycles. The van der Waals surface area contributed by atoms with E-state index in [0.29, 0.717) is 5.82 Å². The minimum absolute atomic E-state index is 0.0307. The Bertz CT molecular complexity index is 791. The molecular formula is C15H13F3N4O2. The fraction of sp³-hybridized carbons (Fsp3) is 0.467. The molecule has 2 aromatic heterocycles. The second-order valence-electron chi connectivity index (χ2n) is 6.13. The summed E-state index contributed by atoms with van der Waals surface area (Å²) < 4.78 is 46.7. The fourth-order valence-electron chi connectivity index (χ4n) is 2.84. The van der Waals surface area contributed by atoms with Gasteiger partial charge in [-0.3, -0.25) is 9.78 Å². The summed E-state index contributed by atoms with van der Waals surface area (Å²) in [5.41, 5.74) is -0.311. The number of rotatable bonds is 3. The lowest BCUT2D eigenvalue weighted by atomic mass is 10.1.